The highest BCUT2D eigenvalue weighted by atomic mass is 35.5. The van der Waals surface area contributed by atoms with E-state index in [-0.39, 0.29) is 12.0 Å². The summed E-state index contributed by atoms with van der Waals surface area (Å²) >= 11 is 5.95. The molecule has 0 radical (unpaired) electrons. The van der Waals surface area contributed by atoms with Crippen molar-refractivity contribution in [3.63, 3.8) is 0 Å². The van der Waals surface area contributed by atoms with Crippen molar-refractivity contribution in [2.45, 2.75) is 19.3 Å². The van der Waals surface area contributed by atoms with Gasteiger partial charge in [0.15, 0.2) is 17.2 Å². The third-order valence-corrected chi connectivity index (χ3v) is 5.00. The van der Waals surface area contributed by atoms with Crippen LogP contribution in [0.2, 0.25) is 5.02 Å². The molecule has 0 bridgehead atoms. The van der Waals surface area contributed by atoms with Crippen molar-refractivity contribution in [1.82, 2.24) is 9.78 Å². The number of fused-ring (bicyclic) bond motifs is 1. The molecule has 0 saturated heterocycles. The van der Waals surface area contributed by atoms with Gasteiger partial charge in [0.1, 0.15) is 6.10 Å². The number of ether oxygens (including phenoxy) is 3. The summed E-state index contributed by atoms with van der Waals surface area (Å²) in [6, 6.07) is 14.5. The molecule has 2 heterocycles. The number of amides is 1. The highest BCUT2D eigenvalue weighted by molar-refractivity contribution is 6.30. The van der Waals surface area contributed by atoms with Gasteiger partial charge in [-0.15, -0.1) is 0 Å². The number of rotatable bonds is 5. The van der Waals surface area contributed by atoms with Crippen LogP contribution in [0.1, 0.15) is 27.8 Å². The van der Waals surface area contributed by atoms with Crippen LogP contribution in [-0.2, 0) is 17.9 Å². The van der Waals surface area contributed by atoms with Crippen LogP contribution in [0.5, 0.6) is 11.5 Å². The van der Waals surface area contributed by atoms with Gasteiger partial charge >= 0.3 is 0 Å². The van der Waals surface area contributed by atoms with Gasteiger partial charge < -0.3 is 19.5 Å². The number of anilines is 1. The van der Waals surface area contributed by atoms with E-state index in [9.17, 15) is 4.79 Å². The SMILES string of the molecule is COc1ccc(NC(=O)c2cc3n(n2)CC(c2ccc(Cl)cc2)OC3)cc1OC. The standard InChI is InChI=1S/C21H20ClN3O4/c1-27-18-8-7-15(9-19(18)28-2)23-21(26)17-10-16-12-29-20(11-25(16)24-17)13-3-5-14(22)6-4-13/h3-10,20H,11-12H2,1-2H3,(H,23,26). The molecule has 1 aromatic heterocycles. The zero-order chi connectivity index (χ0) is 20.4. The molecule has 0 spiro atoms. The van der Waals surface area contributed by atoms with Gasteiger partial charge in [0.2, 0.25) is 0 Å². The molecule has 2 aromatic carbocycles. The molecule has 150 valence electrons. The number of nitrogens with one attached hydrogen (secondary N) is 1. The summed E-state index contributed by atoms with van der Waals surface area (Å²) in [5.74, 6) is 0.823. The average Bonchev–Trinajstić information content (AvgIpc) is 3.17. The minimum absolute atomic E-state index is 0.138. The molecule has 1 unspecified atom stereocenters. The number of methoxy groups -OCH3 is 2. The van der Waals surface area contributed by atoms with Crippen molar-refractivity contribution >= 4 is 23.2 Å². The van der Waals surface area contributed by atoms with Gasteiger partial charge in [-0.05, 0) is 35.9 Å². The minimum Gasteiger partial charge on any atom is -0.493 e. The van der Waals surface area contributed by atoms with Crippen molar-refractivity contribution in [3.05, 3.63) is 70.5 Å². The summed E-state index contributed by atoms with van der Waals surface area (Å²) < 4.78 is 18.2. The zero-order valence-electron chi connectivity index (χ0n) is 16.0. The molecule has 8 heteroatoms. The van der Waals surface area contributed by atoms with E-state index in [1.54, 1.807) is 38.5 Å². The highest BCUT2D eigenvalue weighted by Gasteiger charge is 2.24. The fraction of sp³-hybridized carbons (Fsp3) is 0.238. The first-order valence-corrected chi connectivity index (χ1v) is 9.42. The molecule has 7 nitrogen and oxygen atoms in total. The molecule has 1 N–H and O–H groups in total. The van der Waals surface area contributed by atoms with E-state index in [0.29, 0.717) is 41.1 Å². The molecule has 0 aliphatic carbocycles. The Hall–Kier alpha value is -3.03. The lowest BCUT2D eigenvalue weighted by Gasteiger charge is -2.24. The lowest BCUT2D eigenvalue weighted by atomic mass is 10.1. The van der Waals surface area contributed by atoms with E-state index in [1.165, 1.54) is 0 Å². The van der Waals surface area contributed by atoms with Crippen LogP contribution in [0.3, 0.4) is 0 Å². The zero-order valence-corrected chi connectivity index (χ0v) is 16.8. The summed E-state index contributed by atoms with van der Waals surface area (Å²) in [7, 11) is 3.11. The predicted molar refractivity (Wildman–Crippen MR) is 109 cm³/mol. The Morgan fingerprint density at radius 3 is 2.62 bits per heavy atom. The lowest BCUT2D eigenvalue weighted by molar-refractivity contribution is -0.00118. The van der Waals surface area contributed by atoms with Crippen molar-refractivity contribution in [1.29, 1.82) is 0 Å². The van der Waals surface area contributed by atoms with Gasteiger partial charge in [-0.1, -0.05) is 23.7 Å². The van der Waals surface area contributed by atoms with Crippen LogP contribution < -0.4 is 14.8 Å². The van der Waals surface area contributed by atoms with Crippen LogP contribution >= 0.6 is 11.6 Å². The van der Waals surface area contributed by atoms with Crippen LogP contribution in [0.15, 0.2) is 48.5 Å². The fourth-order valence-electron chi connectivity index (χ4n) is 3.22. The van der Waals surface area contributed by atoms with E-state index >= 15 is 0 Å². The second-order valence-electron chi connectivity index (χ2n) is 6.58. The lowest BCUT2D eigenvalue weighted by Crippen LogP contribution is -2.22. The molecular formula is C21H20ClN3O4. The summed E-state index contributed by atoms with van der Waals surface area (Å²) in [5, 5.41) is 7.97. The molecule has 1 amide bonds. The number of nitrogens with zero attached hydrogens (tertiary/aromatic N) is 2. The molecule has 1 atom stereocenters. The minimum atomic E-state index is -0.304. The summed E-state index contributed by atoms with van der Waals surface area (Å²) in [6.07, 6.45) is -0.138. The molecule has 3 aromatic rings. The Balaban J connectivity index is 1.48. The van der Waals surface area contributed by atoms with E-state index in [0.717, 1.165) is 11.3 Å². The second-order valence-corrected chi connectivity index (χ2v) is 7.01. The van der Waals surface area contributed by atoms with Crippen LogP contribution in [0, 0.1) is 0 Å². The maximum absolute atomic E-state index is 12.7. The number of hydrogen-bond acceptors (Lipinski definition) is 5. The van der Waals surface area contributed by atoms with Crippen molar-refractivity contribution in [2.75, 3.05) is 19.5 Å². The largest absolute Gasteiger partial charge is 0.493 e. The average molecular weight is 414 g/mol. The van der Waals surface area contributed by atoms with Crippen LogP contribution in [0.4, 0.5) is 5.69 Å². The van der Waals surface area contributed by atoms with Crippen LogP contribution in [-0.4, -0.2) is 29.9 Å². The smallest absolute Gasteiger partial charge is 0.276 e. The first kappa shape index (κ1) is 19.3. The van der Waals surface area contributed by atoms with Crippen LogP contribution in [0.25, 0.3) is 0 Å². The number of hydrogen-bond donors (Lipinski definition) is 1. The van der Waals surface area contributed by atoms with Crippen molar-refractivity contribution in [3.8, 4) is 11.5 Å². The first-order chi connectivity index (χ1) is 14.1. The highest BCUT2D eigenvalue weighted by Crippen LogP contribution is 2.30. The predicted octanol–water partition coefficient (Wildman–Crippen LogP) is 4.08. The molecule has 0 saturated carbocycles. The molecule has 0 fully saturated rings. The van der Waals surface area contributed by atoms with Gasteiger partial charge in [-0.2, -0.15) is 5.10 Å². The van der Waals surface area contributed by atoms with Crippen molar-refractivity contribution in [2.24, 2.45) is 0 Å². The quantitative estimate of drug-likeness (QED) is 0.682. The van der Waals surface area contributed by atoms with Gasteiger partial charge in [-0.25, -0.2) is 0 Å². The molecular weight excluding hydrogens is 394 g/mol. The van der Waals surface area contributed by atoms with E-state index in [1.807, 2.05) is 28.9 Å². The van der Waals surface area contributed by atoms with E-state index in [4.69, 9.17) is 25.8 Å². The van der Waals surface area contributed by atoms with E-state index < -0.39 is 0 Å². The maximum atomic E-state index is 12.7. The number of halogens is 1. The fourth-order valence-corrected chi connectivity index (χ4v) is 3.35. The van der Waals surface area contributed by atoms with Gasteiger partial charge in [0.25, 0.3) is 5.91 Å². The first-order valence-electron chi connectivity index (χ1n) is 9.04. The monoisotopic (exact) mass is 413 g/mol. The third kappa shape index (κ3) is 4.06. The molecule has 4 rings (SSSR count). The second kappa shape index (κ2) is 8.14. The normalized spacial score (nSPS) is 15.5. The Morgan fingerprint density at radius 1 is 1.14 bits per heavy atom. The Labute approximate surface area is 173 Å². The number of carbonyl (C=O) groups is 1. The Bertz CT molecular complexity index is 1030. The topological polar surface area (TPSA) is 74.6 Å². The van der Waals surface area contributed by atoms with Gasteiger partial charge in [-0.3, -0.25) is 9.48 Å². The number of aromatic nitrogens is 2. The molecule has 1 aliphatic heterocycles. The maximum Gasteiger partial charge on any atom is 0.276 e. The van der Waals surface area contributed by atoms with Gasteiger partial charge in [0, 0.05) is 16.8 Å². The third-order valence-electron chi connectivity index (χ3n) is 4.75. The van der Waals surface area contributed by atoms with Gasteiger partial charge in [0.05, 0.1) is 33.1 Å². The number of carbonyl (C=O) groups excluding carboxylic acids is 1. The Morgan fingerprint density at radius 2 is 1.90 bits per heavy atom. The molecule has 29 heavy (non-hydrogen) atoms. The number of benzene rings is 2. The summed E-state index contributed by atoms with van der Waals surface area (Å²) in [4.78, 5) is 12.7. The Kier molecular flexibility index (Phi) is 5.42. The van der Waals surface area contributed by atoms with Crippen molar-refractivity contribution < 1.29 is 19.0 Å². The van der Waals surface area contributed by atoms with E-state index in [2.05, 4.69) is 10.4 Å². The summed E-state index contributed by atoms with van der Waals surface area (Å²) in [6.45, 7) is 0.907. The molecule has 1 aliphatic rings. The summed E-state index contributed by atoms with van der Waals surface area (Å²) in [5.41, 5.74) is 2.80.